The van der Waals surface area contributed by atoms with Crippen molar-refractivity contribution in [2.75, 3.05) is 0 Å². The van der Waals surface area contributed by atoms with Crippen LogP contribution in [0.1, 0.15) is 24.2 Å². The van der Waals surface area contributed by atoms with Crippen LogP contribution in [-0.4, -0.2) is 10.0 Å². The van der Waals surface area contributed by atoms with E-state index in [1.807, 2.05) is 0 Å². The van der Waals surface area contributed by atoms with Crippen molar-refractivity contribution in [1.29, 1.82) is 0 Å². The summed E-state index contributed by atoms with van der Waals surface area (Å²) in [5.41, 5.74) is 0.786. The molecule has 0 saturated carbocycles. The number of ether oxygens (including phenoxy) is 1. The van der Waals surface area contributed by atoms with Crippen LogP contribution in [-0.2, 0) is 6.61 Å². The van der Waals surface area contributed by atoms with Crippen LogP contribution in [0.4, 0.5) is 10.1 Å². The molecule has 0 radical (unpaired) electrons. The Bertz CT molecular complexity index is 658. The highest BCUT2D eigenvalue weighted by molar-refractivity contribution is 5.35. The average molecular weight is 291 g/mol. The van der Waals surface area contributed by atoms with Crippen LogP contribution < -0.4 is 4.74 Å². The predicted octanol–water partition coefficient (Wildman–Crippen LogP) is 3.37. The number of aliphatic hydroxyl groups is 1. The smallest absolute Gasteiger partial charge is 0.269 e. The van der Waals surface area contributed by atoms with E-state index in [2.05, 4.69) is 0 Å². The lowest BCUT2D eigenvalue weighted by Gasteiger charge is -2.10. The Morgan fingerprint density at radius 3 is 2.71 bits per heavy atom. The first kappa shape index (κ1) is 14.9. The molecule has 0 saturated heterocycles. The molecule has 0 spiro atoms. The van der Waals surface area contributed by atoms with Gasteiger partial charge >= 0.3 is 0 Å². The van der Waals surface area contributed by atoms with Crippen LogP contribution in [0, 0.1) is 15.9 Å². The fourth-order valence-electron chi connectivity index (χ4n) is 1.86. The first-order valence-corrected chi connectivity index (χ1v) is 6.31. The number of hydrogen-bond donors (Lipinski definition) is 1. The monoisotopic (exact) mass is 291 g/mol. The Kier molecular flexibility index (Phi) is 4.49. The molecule has 21 heavy (non-hydrogen) atoms. The van der Waals surface area contributed by atoms with Gasteiger partial charge in [0, 0.05) is 23.8 Å². The van der Waals surface area contributed by atoms with Gasteiger partial charge in [-0.05, 0) is 24.6 Å². The van der Waals surface area contributed by atoms with Crippen molar-refractivity contribution in [3.63, 3.8) is 0 Å². The number of non-ortho nitro benzene ring substituents is 1. The Morgan fingerprint density at radius 2 is 2.10 bits per heavy atom. The minimum absolute atomic E-state index is 0.0215. The van der Waals surface area contributed by atoms with E-state index in [-0.39, 0.29) is 17.9 Å². The molecule has 0 aliphatic heterocycles. The summed E-state index contributed by atoms with van der Waals surface area (Å²) in [5, 5.41) is 20.0. The Hall–Kier alpha value is -2.47. The van der Waals surface area contributed by atoms with Crippen LogP contribution in [0.15, 0.2) is 42.5 Å². The van der Waals surface area contributed by atoms with Gasteiger partial charge in [-0.15, -0.1) is 0 Å². The van der Waals surface area contributed by atoms with Crippen LogP contribution in [0.5, 0.6) is 5.75 Å². The van der Waals surface area contributed by atoms with E-state index >= 15 is 0 Å². The van der Waals surface area contributed by atoms with Gasteiger partial charge in [0.15, 0.2) is 0 Å². The molecule has 2 rings (SSSR count). The number of hydrogen-bond acceptors (Lipinski definition) is 4. The Labute approximate surface area is 120 Å². The molecule has 0 amide bonds. The number of halogens is 1. The van der Waals surface area contributed by atoms with Gasteiger partial charge < -0.3 is 9.84 Å². The van der Waals surface area contributed by atoms with Crippen molar-refractivity contribution in [3.8, 4) is 5.75 Å². The number of rotatable bonds is 5. The largest absolute Gasteiger partial charge is 0.489 e. The maximum Gasteiger partial charge on any atom is 0.269 e. The maximum absolute atomic E-state index is 13.7. The molecule has 2 aromatic rings. The summed E-state index contributed by atoms with van der Waals surface area (Å²) >= 11 is 0. The van der Waals surface area contributed by atoms with Gasteiger partial charge in [-0.1, -0.05) is 12.1 Å². The maximum atomic E-state index is 13.7. The zero-order chi connectivity index (χ0) is 15.4. The highest BCUT2D eigenvalue weighted by Gasteiger charge is 2.10. The third-order valence-electron chi connectivity index (χ3n) is 2.95. The lowest BCUT2D eigenvalue weighted by Crippen LogP contribution is -1.99. The predicted molar refractivity (Wildman–Crippen MR) is 74.5 cm³/mol. The lowest BCUT2D eigenvalue weighted by molar-refractivity contribution is -0.384. The van der Waals surface area contributed by atoms with E-state index in [1.165, 1.54) is 31.2 Å². The number of aliphatic hydroxyl groups excluding tert-OH is 1. The third kappa shape index (κ3) is 3.76. The second-order valence-electron chi connectivity index (χ2n) is 4.57. The number of nitro groups is 1. The summed E-state index contributed by atoms with van der Waals surface area (Å²) in [6.45, 7) is 1.57. The van der Waals surface area contributed by atoms with Crippen molar-refractivity contribution in [2.45, 2.75) is 19.6 Å². The first-order valence-electron chi connectivity index (χ1n) is 6.31. The van der Waals surface area contributed by atoms with E-state index in [9.17, 15) is 19.6 Å². The van der Waals surface area contributed by atoms with Gasteiger partial charge in [-0.3, -0.25) is 10.1 Å². The van der Waals surface area contributed by atoms with E-state index in [0.717, 1.165) is 0 Å². The highest BCUT2D eigenvalue weighted by Crippen LogP contribution is 2.23. The molecular weight excluding hydrogens is 277 g/mol. The van der Waals surface area contributed by atoms with E-state index < -0.39 is 16.8 Å². The van der Waals surface area contributed by atoms with Crippen LogP contribution >= 0.6 is 0 Å². The molecule has 0 fully saturated rings. The minimum Gasteiger partial charge on any atom is -0.489 e. The summed E-state index contributed by atoms with van der Waals surface area (Å²) in [6, 6.07) is 10.2. The molecule has 0 aromatic heterocycles. The van der Waals surface area contributed by atoms with E-state index in [0.29, 0.717) is 11.3 Å². The lowest BCUT2D eigenvalue weighted by atomic mass is 10.1. The minimum atomic E-state index is -0.893. The van der Waals surface area contributed by atoms with Gasteiger partial charge in [-0.25, -0.2) is 4.39 Å². The average Bonchev–Trinajstić information content (AvgIpc) is 2.45. The van der Waals surface area contributed by atoms with Gasteiger partial charge in [0.25, 0.3) is 5.69 Å². The van der Waals surface area contributed by atoms with Gasteiger partial charge in [-0.2, -0.15) is 0 Å². The first-order chi connectivity index (χ1) is 9.97. The Morgan fingerprint density at radius 1 is 1.33 bits per heavy atom. The summed E-state index contributed by atoms with van der Waals surface area (Å²) in [7, 11) is 0. The van der Waals surface area contributed by atoms with Gasteiger partial charge in [0.05, 0.1) is 11.0 Å². The van der Waals surface area contributed by atoms with Crippen LogP contribution in [0.3, 0.4) is 0 Å². The van der Waals surface area contributed by atoms with Crippen molar-refractivity contribution >= 4 is 5.69 Å². The molecule has 0 heterocycles. The molecule has 5 nitrogen and oxygen atoms in total. The molecule has 0 aliphatic rings. The quantitative estimate of drug-likeness (QED) is 0.677. The molecule has 6 heteroatoms. The molecule has 1 atom stereocenters. The fraction of sp³-hybridized carbons (Fsp3) is 0.200. The molecule has 0 bridgehead atoms. The number of nitro benzene ring substituents is 1. The molecule has 0 unspecified atom stereocenters. The second kappa shape index (κ2) is 6.32. The standard InChI is InChI=1S/C15H14FNO4/c1-10(18)14-6-5-13(8-15(14)16)21-9-11-3-2-4-12(7-11)17(19)20/h2-8,10,18H,9H2,1H3/t10-/m0/s1. The van der Waals surface area contributed by atoms with E-state index in [1.54, 1.807) is 18.2 Å². The van der Waals surface area contributed by atoms with Crippen LogP contribution in [0.2, 0.25) is 0 Å². The highest BCUT2D eigenvalue weighted by atomic mass is 19.1. The zero-order valence-electron chi connectivity index (χ0n) is 11.3. The molecule has 110 valence electrons. The number of benzene rings is 2. The normalized spacial score (nSPS) is 12.0. The third-order valence-corrected chi connectivity index (χ3v) is 2.95. The van der Waals surface area contributed by atoms with Crippen LogP contribution in [0.25, 0.3) is 0 Å². The summed E-state index contributed by atoms with van der Waals surface area (Å²) in [5.74, 6) is -0.259. The molecule has 1 N–H and O–H groups in total. The molecular formula is C15H14FNO4. The summed E-state index contributed by atoms with van der Waals surface area (Å²) in [4.78, 5) is 10.2. The molecule has 2 aromatic carbocycles. The Balaban J connectivity index is 2.08. The zero-order valence-corrected chi connectivity index (χ0v) is 11.3. The molecule has 0 aliphatic carbocycles. The SMILES string of the molecule is C[C@H](O)c1ccc(OCc2cccc([N+](=O)[O-])c2)cc1F. The van der Waals surface area contributed by atoms with Gasteiger partial charge in [0.2, 0.25) is 0 Å². The fourth-order valence-corrected chi connectivity index (χ4v) is 1.86. The topological polar surface area (TPSA) is 72.6 Å². The summed E-state index contributed by atoms with van der Waals surface area (Å²) in [6.07, 6.45) is -0.893. The van der Waals surface area contributed by atoms with E-state index in [4.69, 9.17) is 4.74 Å². The van der Waals surface area contributed by atoms with Crippen molar-refractivity contribution < 1.29 is 19.2 Å². The van der Waals surface area contributed by atoms with Crippen molar-refractivity contribution in [3.05, 3.63) is 69.5 Å². The van der Waals surface area contributed by atoms with Crippen molar-refractivity contribution in [1.82, 2.24) is 0 Å². The van der Waals surface area contributed by atoms with Gasteiger partial charge in [0.1, 0.15) is 18.2 Å². The second-order valence-corrected chi connectivity index (χ2v) is 4.57. The number of nitrogens with zero attached hydrogens (tertiary/aromatic N) is 1. The summed E-state index contributed by atoms with van der Waals surface area (Å²) < 4.78 is 19.1. The van der Waals surface area contributed by atoms with Crippen molar-refractivity contribution in [2.24, 2.45) is 0 Å².